The molecule has 0 saturated carbocycles. The van der Waals surface area contributed by atoms with Gasteiger partial charge >= 0.3 is 0 Å². The van der Waals surface area contributed by atoms with Gasteiger partial charge in [-0.05, 0) is 37.3 Å². The number of hydrogen-bond acceptors (Lipinski definition) is 3. The van der Waals surface area contributed by atoms with Gasteiger partial charge in [-0.15, -0.1) is 0 Å². The van der Waals surface area contributed by atoms with Gasteiger partial charge in [-0.3, -0.25) is 9.59 Å². The van der Waals surface area contributed by atoms with Crippen molar-refractivity contribution in [2.24, 2.45) is 0 Å². The molecule has 0 atom stereocenters. The van der Waals surface area contributed by atoms with E-state index < -0.39 is 0 Å². The van der Waals surface area contributed by atoms with Gasteiger partial charge in [0.25, 0.3) is 5.56 Å². The molecule has 1 aliphatic rings. The molecule has 1 aromatic carbocycles. The molecule has 3 rings (SSSR count). The molecule has 5 nitrogen and oxygen atoms in total. The number of rotatable bonds is 5. The van der Waals surface area contributed by atoms with Crippen molar-refractivity contribution in [1.82, 2.24) is 14.7 Å². The topological polar surface area (TPSA) is 55.2 Å². The molecule has 0 N–H and O–H groups in total. The molecule has 28 heavy (non-hydrogen) atoms. The third-order valence-electron chi connectivity index (χ3n) is 5.46. The van der Waals surface area contributed by atoms with Gasteiger partial charge in [0.15, 0.2) is 0 Å². The Labute approximate surface area is 167 Å². The SMILES string of the molecule is CC(C)(C)c1ccc(=O)n(C2CCN(C(=O)CCCc3ccccc3)CC2)n1. The van der Waals surface area contributed by atoms with Crippen LogP contribution in [0.3, 0.4) is 0 Å². The van der Waals surface area contributed by atoms with Gasteiger partial charge in [0.05, 0.1) is 11.7 Å². The normalized spacial score (nSPS) is 15.6. The monoisotopic (exact) mass is 381 g/mol. The van der Waals surface area contributed by atoms with Gasteiger partial charge in [-0.25, -0.2) is 4.68 Å². The fraction of sp³-hybridized carbons (Fsp3) is 0.522. The number of piperidine rings is 1. The zero-order chi connectivity index (χ0) is 20.1. The van der Waals surface area contributed by atoms with E-state index in [9.17, 15) is 9.59 Å². The Hall–Kier alpha value is -2.43. The van der Waals surface area contributed by atoms with Crippen LogP contribution >= 0.6 is 0 Å². The number of aromatic nitrogens is 2. The maximum Gasteiger partial charge on any atom is 0.267 e. The Balaban J connectivity index is 1.53. The van der Waals surface area contributed by atoms with E-state index in [1.165, 1.54) is 5.56 Å². The number of benzene rings is 1. The van der Waals surface area contributed by atoms with E-state index in [1.54, 1.807) is 10.7 Å². The van der Waals surface area contributed by atoms with Crippen LogP contribution in [0, 0.1) is 0 Å². The summed E-state index contributed by atoms with van der Waals surface area (Å²) in [5.74, 6) is 0.220. The molecule has 1 saturated heterocycles. The van der Waals surface area contributed by atoms with E-state index in [4.69, 9.17) is 0 Å². The summed E-state index contributed by atoms with van der Waals surface area (Å²) in [6, 6.07) is 13.8. The third-order valence-corrected chi connectivity index (χ3v) is 5.46. The summed E-state index contributed by atoms with van der Waals surface area (Å²) >= 11 is 0. The molecule has 1 aliphatic heterocycles. The number of likely N-dealkylation sites (tertiary alicyclic amines) is 1. The van der Waals surface area contributed by atoms with Crippen molar-refractivity contribution in [2.45, 2.75) is 64.3 Å². The quantitative estimate of drug-likeness (QED) is 0.793. The number of carbonyl (C=O) groups excluding carboxylic acids is 1. The molecule has 1 amide bonds. The second-order valence-corrected chi connectivity index (χ2v) is 8.70. The highest BCUT2D eigenvalue weighted by atomic mass is 16.2. The van der Waals surface area contributed by atoms with Crippen molar-refractivity contribution < 1.29 is 4.79 Å². The summed E-state index contributed by atoms with van der Waals surface area (Å²) in [7, 11) is 0. The Bertz CT molecular complexity index is 844. The van der Waals surface area contributed by atoms with Gasteiger partial charge in [0.2, 0.25) is 5.91 Å². The standard InChI is InChI=1S/C23H31N3O2/c1-23(2,3)20-12-13-22(28)26(24-20)19-14-16-25(17-15-19)21(27)11-7-10-18-8-5-4-6-9-18/h4-6,8-9,12-13,19H,7,10-11,14-17H2,1-3H3. The van der Waals surface area contributed by atoms with Crippen LogP contribution in [0.15, 0.2) is 47.3 Å². The largest absolute Gasteiger partial charge is 0.343 e. The number of amides is 1. The van der Waals surface area contributed by atoms with Gasteiger partial charge in [-0.1, -0.05) is 51.1 Å². The lowest BCUT2D eigenvalue weighted by atomic mass is 9.92. The van der Waals surface area contributed by atoms with E-state index in [0.717, 1.165) is 31.4 Å². The molecule has 0 radical (unpaired) electrons. The van der Waals surface area contributed by atoms with E-state index in [0.29, 0.717) is 19.5 Å². The molecule has 150 valence electrons. The maximum absolute atomic E-state index is 12.5. The molecule has 2 heterocycles. The summed E-state index contributed by atoms with van der Waals surface area (Å²) in [6.07, 6.45) is 3.95. The first-order valence-corrected chi connectivity index (χ1v) is 10.3. The van der Waals surface area contributed by atoms with Crippen molar-refractivity contribution in [3.05, 3.63) is 64.1 Å². The highest BCUT2D eigenvalue weighted by Gasteiger charge is 2.26. The van der Waals surface area contributed by atoms with Crippen LogP contribution in [-0.2, 0) is 16.6 Å². The van der Waals surface area contributed by atoms with Gasteiger partial charge in [0, 0.05) is 31.0 Å². The summed E-state index contributed by atoms with van der Waals surface area (Å²) in [4.78, 5) is 26.8. The smallest absolute Gasteiger partial charge is 0.267 e. The van der Waals surface area contributed by atoms with E-state index in [1.807, 2.05) is 29.2 Å². The first-order chi connectivity index (χ1) is 13.3. The van der Waals surface area contributed by atoms with Crippen molar-refractivity contribution in [3.63, 3.8) is 0 Å². The van der Waals surface area contributed by atoms with Crippen LogP contribution in [0.4, 0.5) is 0 Å². The fourth-order valence-electron chi connectivity index (χ4n) is 3.69. The van der Waals surface area contributed by atoms with Crippen molar-refractivity contribution in [2.75, 3.05) is 13.1 Å². The van der Waals surface area contributed by atoms with Crippen LogP contribution in [-0.4, -0.2) is 33.7 Å². The lowest BCUT2D eigenvalue weighted by Crippen LogP contribution is -2.41. The Kier molecular flexibility index (Phi) is 6.32. The predicted octanol–water partition coefficient (Wildman–Crippen LogP) is 3.73. The zero-order valence-electron chi connectivity index (χ0n) is 17.2. The molecule has 0 bridgehead atoms. The van der Waals surface area contributed by atoms with E-state index >= 15 is 0 Å². The van der Waals surface area contributed by atoms with Crippen LogP contribution < -0.4 is 5.56 Å². The van der Waals surface area contributed by atoms with Crippen LogP contribution in [0.25, 0.3) is 0 Å². The van der Waals surface area contributed by atoms with Crippen LogP contribution in [0.1, 0.15) is 63.8 Å². The molecule has 1 aromatic heterocycles. The average Bonchev–Trinajstić information content (AvgIpc) is 2.68. The van der Waals surface area contributed by atoms with Gasteiger partial charge in [-0.2, -0.15) is 5.10 Å². The fourth-order valence-corrected chi connectivity index (χ4v) is 3.69. The minimum absolute atomic E-state index is 0.0550. The molecule has 5 heteroatoms. The van der Waals surface area contributed by atoms with Crippen molar-refractivity contribution in [1.29, 1.82) is 0 Å². The van der Waals surface area contributed by atoms with Gasteiger partial charge < -0.3 is 4.90 Å². The van der Waals surface area contributed by atoms with Crippen LogP contribution in [0.2, 0.25) is 0 Å². The molecule has 1 fully saturated rings. The van der Waals surface area contributed by atoms with Crippen LogP contribution in [0.5, 0.6) is 0 Å². The third kappa shape index (κ3) is 5.09. The minimum atomic E-state index is -0.0924. The second-order valence-electron chi connectivity index (χ2n) is 8.70. The number of aryl methyl sites for hydroxylation is 1. The lowest BCUT2D eigenvalue weighted by molar-refractivity contribution is -0.132. The predicted molar refractivity (Wildman–Crippen MR) is 111 cm³/mol. The molecular weight excluding hydrogens is 350 g/mol. The average molecular weight is 382 g/mol. The highest BCUT2D eigenvalue weighted by Crippen LogP contribution is 2.23. The Morgan fingerprint density at radius 2 is 1.75 bits per heavy atom. The zero-order valence-corrected chi connectivity index (χ0v) is 17.2. The van der Waals surface area contributed by atoms with E-state index in [2.05, 4.69) is 38.0 Å². The van der Waals surface area contributed by atoms with E-state index in [-0.39, 0.29) is 22.9 Å². The van der Waals surface area contributed by atoms with Gasteiger partial charge in [0.1, 0.15) is 0 Å². The minimum Gasteiger partial charge on any atom is -0.343 e. The summed E-state index contributed by atoms with van der Waals surface area (Å²) in [5, 5.41) is 4.62. The molecular formula is C23H31N3O2. The maximum atomic E-state index is 12.5. The summed E-state index contributed by atoms with van der Waals surface area (Å²) in [6.45, 7) is 7.69. The number of hydrogen-bond donors (Lipinski definition) is 0. The number of nitrogens with zero attached hydrogens (tertiary/aromatic N) is 3. The lowest BCUT2D eigenvalue weighted by Gasteiger charge is -2.33. The molecule has 0 spiro atoms. The first kappa shape index (κ1) is 20.3. The van der Waals surface area contributed by atoms with Crippen molar-refractivity contribution >= 4 is 5.91 Å². The Morgan fingerprint density at radius 3 is 2.39 bits per heavy atom. The second kappa shape index (κ2) is 8.72. The molecule has 0 aliphatic carbocycles. The number of carbonyl (C=O) groups is 1. The summed E-state index contributed by atoms with van der Waals surface area (Å²) < 4.78 is 1.64. The molecule has 0 unspecified atom stereocenters. The highest BCUT2D eigenvalue weighted by molar-refractivity contribution is 5.76. The first-order valence-electron chi connectivity index (χ1n) is 10.3. The Morgan fingerprint density at radius 1 is 1.07 bits per heavy atom. The summed E-state index contributed by atoms with van der Waals surface area (Å²) in [5.41, 5.74) is 2.05. The molecule has 2 aromatic rings. The van der Waals surface area contributed by atoms with Crippen molar-refractivity contribution in [3.8, 4) is 0 Å².